The normalized spacial score (nSPS) is 21.4. The molecule has 0 unspecified atom stereocenters. The third-order valence-electron chi connectivity index (χ3n) is 4.72. The number of aromatic nitrogens is 3. The van der Waals surface area contributed by atoms with Gasteiger partial charge in [0.2, 0.25) is 0 Å². The van der Waals surface area contributed by atoms with Gasteiger partial charge >= 0.3 is 0 Å². The van der Waals surface area contributed by atoms with Gasteiger partial charge in [-0.15, -0.1) is 0 Å². The Bertz CT molecular complexity index is 658. The molecule has 1 aliphatic rings. The summed E-state index contributed by atoms with van der Waals surface area (Å²) < 4.78 is 1.86. The third kappa shape index (κ3) is 3.67. The highest BCUT2D eigenvalue weighted by Gasteiger charge is 2.22. The molecule has 0 bridgehead atoms. The standard InChI is InChI=1S/C17H23ClN4O/c1-11-7-16(21-22(11)2)14-9-19-17(18)8-15(14)20-13-5-3-12(10-23)4-6-13/h7-9,12-13,23H,3-6,10H2,1-2H3,(H,19,20). The summed E-state index contributed by atoms with van der Waals surface area (Å²) in [6.07, 6.45) is 6.03. The first-order valence-electron chi connectivity index (χ1n) is 8.10. The average Bonchev–Trinajstić information content (AvgIpc) is 2.87. The van der Waals surface area contributed by atoms with Crippen LogP contribution in [0.4, 0.5) is 5.69 Å². The molecule has 0 saturated heterocycles. The number of hydrogen-bond donors (Lipinski definition) is 2. The fraction of sp³-hybridized carbons (Fsp3) is 0.529. The van der Waals surface area contributed by atoms with Crippen molar-refractivity contribution in [3.05, 3.63) is 29.2 Å². The Morgan fingerprint density at radius 1 is 1.30 bits per heavy atom. The Balaban J connectivity index is 1.82. The van der Waals surface area contributed by atoms with E-state index in [4.69, 9.17) is 11.6 Å². The lowest BCUT2D eigenvalue weighted by Gasteiger charge is -2.29. The van der Waals surface area contributed by atoms with E-state index in [1.54, 1.807) is 6.20 Å². The van der Waals surface area contributed by atoms with E-state index in [-0.39, 0.29) is 0 Å². The molecule has 0 spiro atoms. The van der Waals surface area contributed by atoms with Gasteiger partial charge in [-0.3, -0.25) is 4.68 Å². The summed E-state index contributed by atoms with van der Waals surface area (Å²) in [5.41, 5.74) is 3.96. The molecule has 0 aliphatic heterocycles. The van der Waals surface area contributed by atoms with Crippen molar-refractivity contribution in [2.75, 3.05) is 11.9 Å². The van der Waals surface area contributed by atoms with Crippen LogP contribution in [0.5, 0.6) is 0 Å². The fourth-order valence-electron chi connectivity index (χ4n) is 3.15. The summed E-state index contributed by atoms with van der Waals surface area (Å²) in [4.78, 5) is 4.22. The molecule has 1 saturated carbocycles. The van der Waals surface area contributed by atoms with E-state index in [1.165, 1.54) is 0 Å². The second kappa shape index (κ2) is 6.89. The fourth-order valence-corrected chi connectivity index (χ4v) is 3.31. The lowest BCUT2D eigenvalue weighted by Crippen LogP contribution is -2.27. The van der Waals surface area contributed by atoms with Crippen molar-refractivity contribution in [3.63, 3.8) is 0 Å². The number of halogens is 1. The van der Waals surface area contributed by atoms with Crippen molar-refractivity contribution >= 4 is 17.3 Å². The van der Waals surface area contributed by atoms with Crippen LogP contribution >= 0.6 is 11.6 Å². The van der Waals surface area contributed by atoms with Gasteiger partial charge in [-0.2, -0.15) is 5.10 Å². The Kier molecular flexibility index (Phi) is 4.87. The van der Waals surface area contributed by atoms with Crippen LogP contribution < -0.4 is 5.32 Å². The summed E-state index contributed by atoms with van der Waals surface area (Å²) in [7, 11) is 1.94. The predicted octanol–water partition coefficient (Wildman–Crippen LogP) is 3.41. The Morgan fingerprint density at radius 2 is 2.04 bits per heavy atom. The van der Waals surface area contributed by atoms with Crippen molar-refractivity contribution in [1.82, 2.24) is 14.8 Å². The molecule has 6 heteroatoms. The molecular formula is C17H23ClN4O. The molecule has 0 radical (unpaired) electrons. The smallest absolute Gasteiger partial charge is 0.131 e. The third-order valence-corrected chi connectivity index (χ3v) is 4.93. The van der Waals surface area contributed by atoms with Crippen LogP contribution in [0.15, 0.2) is 18.3 Å². The number of pyridine rings is 1. The highest BCUT2D eigenvalue weighted by atomic mass is 35.5. The Labute approximate surface area is 141 Å². The van der Waals surface area contributed by atoms with E-state index >= 15 is 0 Å². The van der Waals surface area contributed by atoms with Crippen LogP contribution in [0.1, 0.15) is 31.4 Å². The van der Waals surface area contributed by atoms with Gasteiger partial charge in [0.1, 0.15) is 5.15 Å². The molecular weight excluding hydrogens is 312 g/mol. The second-order valence-electron chi connectivity index (χ2n) is 6.39. The first kappa shape index (κ1) is 16.3. The highest BCUT2D eigenvalue weighted by molar-refractivity contribution is 6.29. The number of nitrogens with one attached hydrogen (secondary N) is 1. The molecule has 2 N–H and O–H groups in total. The van der Waals surface area contributed by atoms with Gasteiger partial charge in [-0.25, -0.2) is 4.98 Å². The maximum atomic E-state index is 9.27. The zero-order valence-corrected chi connectivity index (χ0v) is 14.3. The summed E-state index contributed by atoms with van der Waals surface area (Å²) in [5.74, 6) is 0.451. The number of anilines is 1. The van der Waals surface area contributed by atoms with Crippen molar-refractivity contribution in [1.29, 1.82) is 0 Å². The number of aliphatic hydroxyl groups excluding tert-OH is 1. The number of nitrogens with zero attached hydrogens (tertiary/aromatic N) is 3. The molecule has 2 heterocycles. The topological polar surface area (TPSA) is 63.0 Å². The van der Waals surface area contributed by atoms with Crippen LogP contribution in [0.3, 0.4) is 0 Å². The molecule has 5 nitrogen and oxygen atoms in total. The van der Waals surface area contributed by atoms with E-state index < -0.39 is 0 Å². The van der Waals surface area contributed by atoms with Gasteiger partial charge in [-0.05, 0) is 50.7 Å². The van der Waals surface area contributed by atoms with E-state index in [0.717, 1.165) is 48.3 Å². The minimum atomic E-state index is 0.298. The molecule has 1 fully saturated rings. The molecule has 1 aliphatic carbocycles. The number of aryl methyl sites for hydroxylation is 2. The number of hydrogen-bond acceptors (Lipinski definition) is 4. The van der Waals surface area contributed by atoms with E-state index in [1.807, 2.05) is 24.7 Å². The van der Waals surface area contributed by atoms with Crippen molar-refractivity contribution in [2.24, 2.45) is 13.0 Å². The van der Waals surface area contributed by atoms with Gasteiger partial charge in [-0.1, -0.05) is 11.6 Å². The zero-order chi connectivity index (χ0) is 16.4. The van der Waals surface area contributed by atoms with Crippen LogP contribution in [0, 0.1) is 12.8 Å². The average molecular weight is 335 g/mol. The Morgan fingerprint density at radius 3 is 2.65 bits per heavy atom. The SMILES string of the molecule is Cc1cc(-c2cnc(Cl)cc2NC2CCC(CO)CC2)nn1C. The monoisotopic (exact) mass is 334 g/mol. The number of rotatable bonds is 4. The van der Waals surface area contributed by atoms with Gasteiger partial charge in [0.15, 0.2) is 0 Å². The van der Waals surface area contributed by atoms with Crippen molar-refractivity contribution in [3.8, 4) is 11.3 Å². The quantitative estimate of drug-likeness (QED) is 0.841. The summed E-state index contributed by atoms with van der Waals surface area (Å²) >= 11 is 6.09. The minimum absolute atomic E-state index is 0.298. The Hall–Kier alpha value is -1.59. The first-order chi connectivity index (χ1) is 11.1. The van der Waals surface area contributed by atoms with Crippen molar-refractivity contribution < 1.29 is 5.11 Å². The predicted molar refractivity (Wildman–Crippen MR) is 92.6 cm³/mol. The lowest BCUT2D eigenvalue weighted by atomic mass is 9.86. The molecule has 2 aromatic heterocycles. The van der Waals surface area contributed by atoms with Gasteiger partial charge < -0.3 is 10.4 Å². The molecule has 0 aromatic carbocycles. The van der Waals surface area contributed by atoms with Gasteiger partial charge in [0.25, 0.3) is 0 Å². The zero-order valence-electron chi connectivity index (χ0n) is 13.6. The molecule has 124 valence electrons. The highest BCUT2D eigenvalue weighted by Crippen LogP contribution is 2.32. The molecule has 2 aromatic rings. The van der Waals surface area contributed by atoms with E-state index in [2.05, 4.69) is 21.5 Å². The first-order valence-corrected chi connectivity index (χ1v) is 8.48. The maximum Gasteiger partial charge on any atom is 0.131 e. The van der Waals surface area contributed by atoms with Crippen LogP contribution in [0.2, 0.25) is 5.15 Å². The largest absolute Gasteiger partial charge is 0.396 e. The van der Waals surface area contributed by atoms with Crippen LogP contribution in [0.25, 0.3) is 11.3 Å². The van der Waals surface area contributed by atoms with E-state index in [0.29, 0.717) is 23.7 Å². The van der Waals surface area contributed by atoms with E-state index in [9.17, 15) is 5.11 Å². The number of aliphatic hydroxyl groups is 1. The summed E-state index contributed by atoms with van der Waals surface area (Å²) in [6, 6.07) is 4.33. The summed E-state index contributed by atoms with van der Waals surface area (Å²) in [6.45, 7) is 2.33. The maximum absolute atomic E-state index is 9.27. The van der Waals surface area contributed by atoms with Crippen molar-refractivity contribution in [2.45, 2.75) is 38.6 Å². The van der Waals surface area contributed by atoms with Gasteiger partial charge in [0.05, 0.1) is 5.69 Å². The second-order valence-corrected chi connectivity index (χ2v) is 6.78. The van der Waals surface area contributed by atoms with Crippen LogP contribution in [-0.4, -0.2) is 32.5 Å². The molecule has 0 amide bonds. The molecule has 3 rings (SSSR count). The van der Waals surface area contributed by atoms with Gasteiger partial charge in [0, 0.05) is 42.8 Å². The lowest BCUT2D eigenvalue weighted by molar-refractivity contribution is 0.186. The van der Waals surface area contributed by atoms with Crippen LogP contribution in [-0.2, 0) is 7.05 Å². The minimum Gasteiger partial charge on any atom is -0.396 e. The molecule has 0 atom stereocenters. The molecule has 23 heavy (non-hydrogen) atoms. The summed E-state index contributed by atoms with van der Waals surface area (Å²) in [5, 5.41) is 17.9.